The molecule has 6 heteroatoms. The van der Waals surface area contributed by atoms with Crippen LogP contribution in [0.5, 0.6) is 0 Å². The molecular weight excluding hydrogens is 309 g/mol. The standard InChI is InChI=1S/C15H21Cl2N3O/c1-10-5-6-20(11(7-10)8-18)9-14(21)19-13-4-2-3-12(16)15(13)17/h2-4,10-11H,5-9,18H2,1H3,(H,19,21). The van der Waals surface area contributed by atoms with Crippen molar-refractivity contribution >= 4 is 34.8 Å². The van der Waals surface area contributed by atoms with E-state index < -0.39 is 0 Å². The summed E-state index contributed by atoms with van der Waals surface area (Å²) in [6.07, 6.45) is 2.14. The fourth-order valence-corrected chi connectivity index (χ4v) is 3.08. The van der Waals surface area contributed by atoms with Crippen molar-refractivity contribution in [2.45, 2.75) is 25.8 Å². The highest BCUT2D eigenvalue weighted by Gasteiger charge is 2.26. The summed E-state index contributed by atoms with van der Waals surface area (Å²) in [4.78, 5) is 14.3. The lowest BCUT2D eigenvalue weighted by molar-refractivity contribution is -0.118. The lowest BCUT2D eigenvalue weighted by atomic mass is 9.92. The fourth-order valence-electron chi connectivity index (χ4n) is 2.73. The number of hydrogen-bond acceptors (Lipinski definition) is 3. The van der Waals surface area contributed by atoms with Gasteiger partial charge >= 0.3 is 0 Å². The number of hydrogen-bond donors (Lipinski definition) is 2. The van der Waals surface area contributed by atoms with Gasteiger partial charge in [-0.15, -0.1) is 0 Å². The highest BCUT2D eigenvalue weighted by atomic mass is 35.5. The van der Waals surface area contributed by atoms with E-state index in [1.165, 1.54) is 0 Å². The molecule has 1 amide bonds. The molecule has 1 aromatic rings. The number of anilines is 1. The molecule has 1 aromatic carbocycles. The van der Waals surface area contributed by atoms with Crippen LogP contribution in [0.3, 0.4) is 0 Å². The van der Waals surface area contributed by atoms with Crippen LogP contribution in [0.1, 0.15) is 19.8 Å². The first kappa shape index (κ1) is 16.6. The van der Waals surface area contributed by atoms with Crippen molar-refractivity contribution in [1.29, 1.82) is 0 Å². The van der Waals surface area contributed by atoms with Crippen LogP contribution < -0.4 is 11.1 Å². The fraction of sp³-hybridized carbons (Fsp3) is 0.533. The molecule has 2 atom stereocenters. The number of benzene rings is 1. The third-order valence-corrected chi connectivity index (χ3v) is 4.76. The minimum absolute atomic E-state index is 0.0906. The van der Waals surface area contributed by atoms with Gasteiger partial charge in [0.25, 0.3) is 0 Å². The number of rotatable bonds is 4. The first-order chi connectivity index (χ1) is 10.0. The van der Waals surface area contributed by atoms with Crippen molar-refractivity contribution in [3.63, 3.8) is 0 Å². The van der Waals surface area contributed by atoms with E-state index in [1.807, 2.05) is 0 Å². The van der Waals surface area contributed by atoms with E-state index in [1.54, 1.807) is 18.2 Å². The molecular formula is C15H21Cl2N3O. The predicted octanol–water partition coefficient (Wildman–Crippen LogP) is 2.99. The molecule has 2 rings (SSSR count). The van der Waals surface area contributed by atoms with Gasteiger partial charge < -0.3 is 11.1 Å². The molecule has 0 spiro atoms. The van der Waals surface area contributed by atoms with Gasteiger partial charge in [0.2, 0.25) is 5.91 Å². The largest absolute Gasteiger partial charge is 0.329 e. The predicted molar refractivity (Wildman–Crippen MR) is 87.9 cm³/mol. The zero-order valence-corrected chi connectivity index (χ0v) is 13.6. The number of nitrogens with two attached hydrogens (primary N) is 1. The molecule has 0 aromatic heterocycles. The number of nitrogens with one attached hydrogen (secondary N) is 1. The topological polar surface area (TPSA) is 58.4 Å². The number of halogens is 2. The minimum atomic E-state index is -0.0906. The monoisotopic (exact) mass is 329 g/mol. The van der Waals surface area contributed by atoms with Gasteiger partial charge in [0, 0.05) is 12.6 Å². The van der Waals surface area contributed by atoms with Crippen molar-refractivity contribution in [3.05, 3.63) is 28.2 Å². The molecule has 1 aliphatic heterocycles. The van der Waals surface area contributed by atoms with Gasteiger partial charge in [0.15, 0.2) is 0 Å². The Hall–Kier alpha value is -0.810. The first-order valence-corrected chi connectivity index (χ1v) is 7.94. The molecule has 1 heterocycles. The second-order valence-electron chi connectivity index (χ2n) is 5.64. The third-order valence-electron chi connectivity index (χ3n) is 3.94. The van der Waals surface area contributed by atoms with Crippen LogP contribution in [0.15, 0.2) is 18.2 Å². The van der Waals surface area contributed by atoms with E-state index in [9.17, 15) is 4.79 Å². The Bertz CT molecular complexity index is 510. The molecule has 0 saturated carbocycles. The average molecular weight is 330 g/mol. The molecule has 21 heavy (non-hydrogen) atoms. The Morgan fingerprint density at radius 2 is 2.24 bits per heavy atom. The summed E-state index contributed by atoms with van der Waals surface area (Å²) in [5.74, 6) is 0.576. The molecule has 0 bridgehead atoms. The maximum absolute atomic E-state index is 12.2. The molecule has 0 aliphatic carbocycles. The SMILES string of the molecule is CC1CCN(CC(=O)Nc2cccc(Cl)c2Cl)C(CN)C1. The summed E-state index contributed by atoms with van der Waals surface area (Å²) in [7, 11) is 0. The highest BCUT2D eigenvalue weighted by molar-refractivity contribution is 6.43. The van der Waals surface area contributed by atoms with Gasteiger partial charge in [-0.2, -0.15) is 0 Å². The zero-order valence-electron chi connectivity index (χ0n) is 12.1. The van der Waals surface area contributed by atoms with E-state index in [0.717, 1.165) is 19.4 Å². The van der Waals surface area contributed by atoms with E-state index in [-0.39, 0.29) is 11.9 Å². The summed E-state index contributed by atoms with van der Waals surface area (Å²) in [5, 5.41) is 3.62. The lowest BCUT2D eigenvalue weighted by Crippen LogP contribution is -2.49. The molecule has 116 valence electrons. The maximum Gasteiger partial charge on any atom is 0.238 e. The third kappa shape index (κ3) is 4.33. The Morgan fingerprint density at radius 3 is 2.95 bits per heavy atom. The summed E-state index contributed by atoms with van der Waals surface area (Å²) in [6.45, 7) is 4.04. The molecule has 1 saturated heterocycles. The number of piperidine rings is 1. The van der Waals surface area contributed by atoms with Crippen molar-refractivity contribution in [2.75, 3.05) is 25.0 Å². The molecule has 0 radical (unpaired) electrons. The van der Waals surface area contributed by atoms with Gasteiger partial charge in [0.05, 0.1) is 22.3 Å². The molecule has 3 N–H and O–H groups in total. The smallest absolute Gasteiger partial charge is 0.238 e. The lowest BCUT2D eigenvalue weighted by Gasteiger charge is -2.37. The molecule has 2 unspecified atom stereocenters. The number of carbonyl (C=O) groups is 1. The number of nitrogens with zero attached hydrogens (tertiary/aromatic N) is 1. The molecule has 1 aliphatic rings. The van der Waals surface area contributed by atoms with Gasteiger partial charge in [-0.25, -0.2) is 0 Å². The van der Waals surface area contributed by atoms with Crippen molar-refractivity contribution in [1.82, 2.24) is 4.90 Å². The Labute approximate surface area is 135 Å². The van der Waals surface area contributed by atoms with Crippen LogP contribution in [0.4, 0.5) is 5.69 Å². The minimum Gasteiger partial charge on any atom is -0.329 e. The van der Waals surface area contributed by atoms with Gasteiger partial charge in [-0.3, -0.25) is 9.69 Å². The van der Waals surface area contributed by atoms with E-state index >= 15 is 0 Å². The van der Waals surface area contributed by atoms with Crippen molar-refractivity contribution < 1.29 is 4.79 Å². The van der Waals surface area contributed by atoms with Crippen LogP contribution in [0.25, 0.3) is 0 Å². The zero-order chi connectivity index (χ0) is 15.4. The summed E-state index contributed by atoms with van der Waals surface area (Å²) >= 11 is 12.0. The van der Waals surface area contributed by atoms with E-state index in [2.05, 4.69) is 17.1 Å². The average Bonchev–Trinajstić information content (AvgIpc) is 2.45. The maximum atomic E-state index is 12.2. The van der Waals surface area contributed by atoms with E-state index in [4.69, 9.17) is 28.9 Å². The summed E-state index contributed by atoms with van der Waals surface area (Å²) in [5.41, 5.74) is 6.36. The summed E-state index contributed by atoms with van der Waals surface area (Å²) < 4.78 is 0. The van der Waals surface area contributed by atoms with Crippen LogP contribution in [0, 0.1) is 5.92 Å². The Balaban J connectivity index is 1.96. The van der Waals surface area contributed by atoms with Gasteiger partial charge in [-0.05, 0) is 37.4 Å². The van der Waals surface area contributed by atoms with Crippen LogP contribution in [-0.2, 0) is 4.79 Å². The van der Waals surface area contributed by atoms with Gasteiger partial charge in [-0.1, -0.05) is 36.2 Å². The van der Waals surface area contributed by atoms with Crippen molar-refractivity contribution in [2.24, 2.45) is 11.7 Å². The first-order valence-electron chi connectivity index (χ1n) is 7.19. The number of amides is 1. The summed E-state index contributed by atoms with van der Waals surface area (Å²) in [6, 6.07) is 5.46. The number of carbonyl (C=O) groups excluding carboxylic acids is 1. The highest BCUT2D eigenvalue weighted by Crippen LogP contribution is 2.29. The molecule has 4 nitrogen and oxygen atoms in total. The molecule has 1 fully saturated rings. The van der Waals surface area contributed by atoms with E-state index in [0.29, 0.717) is 34.7 Å². The van der Waals surface area contributed by atoms with Crippen molar-refractivity contribution in [3.8, 4) is 0 Å². The normalized spacial score (nSPS) is 23.0. The van der Waals surface area contributed by atoms with Crippen LogP contribution >= 0.6 is 23.2 Å². The second kappa shape index (κ2) is 7.45. The second-order valence-corrected chi connectivity index (χ2v) is 6.42. The Kier molecular flexibility index (Phi) is 5.88. The van der Waals surface area contributed by atoms with Gasteiger partial charge in [0.1, 0.15) is 0 Å². The Morgan fingerprint density at radius 1 is 1.48 bits per heavy atom. The number of likely N-dealkylation sites (tertiary alicyclic amines) is 1. The van der Waals surface area contributed by atoms with Crippen LogP contribution in [0.2, 0.25) is 10.0 Å². The quantitative estimate of drug-likeness (QED) is 0.892. The van der Waals surface area contributed by atoms with Crippen LogP contribution in [-0.4, -0.2) is 36.5 Å².